The van der Waals surface area contributed by atoms with Crippen molar-refractivity contribution in [3.63, 3.8) is 0 Å². The normalized spacial score (nSPS) is 11.2. The number of anilines is 1. The fraction of sp³-hybridized carbons (Fsp3) is 0.190. The van der Waals surface area contributed by atoms with Crippen LogP contribution in [0.2, 0.25) is 0 Å². The zero-order valence-corrected chi connectivity index (χ0v) is 15.5. The minimum Gasteiger partial charge on any atom is -0.497 e. The van der Waals surface area contributed by atoms with Gasteiger partial charge in [-0.1, -0.05) is 18.2 Å². The molecule has 2 aromatic carbocycles. The third-order valence-electron chi connectivity index (χ3n) is 4.90. The van der Waals surface area contributed by atoms with Gasteiger partial charge in [0.2, 0.25) is 5.88 Å². The molecule has 138 valence electrons. The number of pyridine rings is 1. The third kappa shape index (κ3) is 2.52. The molecule has 0 atom stereocenters. The fourth-order valence-corrected chi connectivity index (χ4v) is 3.49. The molecular formula is C21H21N3O3. The lowest BCUT2D eigenvalue weighted by Crippen LogP contribution is -1.95. The molecule has 27 heavy (non-hydrogen) atoms. The van der Waals surface area contributed by atoms with Crippen molar-refractivity contribution in [3.05, 3.63) is 42.6 Å². The molecular weight excluding hydrogens is 342 g/mol. The number of aryl methyl sites for hydroxylation is 1. The maximum absolute atomic E-state index is 10.5. The number of nitrogen functional groups attached to an aromatic ring is 1. The number of para-hydroxylation sites is 1. The summed E-state index contributed by atoms with van der Waals surface area (Å²) in [4.78, 5) is 4.82. The van der Waals surface area contributed by atoms with Gasteiger partial charge in [0.05, 0.1) is 36.3 Å². The molecule has 3 N–H and O–H groups in total. The van der Waals surface area contributed by atoms with E-state index in [4.69, 9.17) is 20.2 Å². The van der Waals surface area contributed by atoms with Gasteiger partial charge in [-0.3, -0.25) is 0 Å². The van der Waals surface area contributed by atoms with Crippen molar-refractivity contribution in [1.29, 1.82) is 0 Å². The minimum atomic E-state index is 0.142. The second kappa shape index (κ2) is 6.39. The van der Waals surface area contributed by atoms with Crippen molar-refractivity contribution < 1.29 is 14.6 Å². The van der Waals surface area contributed by atoms with Crippen LogP contribution in [0.25, 0.3) is 32.9 Å². The Kier molecular flexibility index (Phi) is 4.03. The van der Waals surface area contributed by atoms with Gasteiger partial charge in [0.25, 0.3) is 0 Å². The smallest absolute Gasteiger partial charge is 0.202 e. The van der Waals surface area contributed by atoms with Gasteiger partial charge < -0.3 is 24.9 Å². The molecule has 0 aliphatic heterocycles. The fourth-order valence-electron chi connectivity index (χ4n) is 3.49. The number of aromatic nitrogens is 2. The van der Waals surface area contributed by atoms with Crippen molar-refractivity contribution in [2.75, 3.05) is 20.0 Å². The van der Waals surface area contributed by atoms with Crippen LogP contribution in [-0.4, -0.2) is 28.9 Å². The number of nitrogens with zero attached hydrogens (tertiary/aromatic N) is 2. The van der Waals surface area contributed by atoms with E-state index < -0.39 is 0 Å². The van der Waals surface area contributed by atoms with Crippen LogP contribution in [0.3, 0.4) is 0 Å². The van der Waals surface area contributed by atoms with E-state index in [1.165, 1.54) is 0 Å². The van der Waals surface area contributed by atoms with Crippen LogP contribution in [0.4, 0.5) is 5.69 Å². The summed E-state index contributed by atoms with van der Waals surface area (Å²) in [6.45, 7) is 2.59. The van der Waals surface area contributed by atoms with Crippen LogP contribution in [0.15, 0.2) is 42.6 Å². The quantitative estimate of drug-likeness (QED) is 0.568. The first-order valence-electron chi connectivity index (χ1n) is 8.71. The number of hydrogen-bond acceptors (Lipinski definition) is 5. The van der Waals surface area contributed by atoms with Gasteiger partial charge in [-0.2, -0.15) is 0 Å². The molecule has 0 aliphatic rings. The summed E-state index contributed by atoms with van der Waals surface area (Å²) in [6.07, 6.45) is 1.82. The SMILES string of the molecule is CCn1cc2nc3c(-c4cc(OC)ccc4OC)cccc3c(N)c2c1O. The zero-order chi connectivity index (χ0) is 19.1. The van der Waals surface area contributed by atoms with Gasteiger partial charge in [-0.15, -0.1) is 0 Å². The Balaban J connectivity index is 2.09. The second-order valence-electron chi connectivity index (χ2n) is 6.29. The summed E-state index contributed by atoms with van der Waals surface area (Å²) in [5.74, 6) is 1.59. The number of benzene rings is 2. The average molecular weight is 363 g/mol. The molecule has 0 bridgehead atoms. The molecule has 0 fully saturated rings. The van der Waals surface area contributed by atoms with Gasteiger partial charge in [-0.05, 0) is 25.1 Å². The lowest BCUT2D eigenvalue weighted by Gasteiger charge is -2.13. The van der Waals surface area contributed by atoms with Crippen LogP contribution in [0.5, 0.6) is 17.4 Å². The van der Waals surface area contributed by atoms with Crippen molar-refractivity contribution in [2.24, 2.45) is 0 Å². The monoisotopic (exact) mass is 363 g/mol. The Morgan fingerprint density at radius 2 is 1.93 bits per heavy atom. The highest BCUT2D eigenvalue weighted by atomic mass is 16.5. The van der Waals surface area contributed by atoms with Gasteiger partial charge in [0, 0.05) is 29.3 Å². The second-order valence-corrected chi connectivity index (χ2v) is 6.29. The molecule has 4 aromatic rings. The number of hydrogen-bond donors (Lipinski definition) is 2. The first kappa shape index (κ1) is 17.0. The molecule has 0 saturated heterocycles. The Morgan fingerprint density at radius 1 is 1.11 bits per heavy atom. The van der Waals surface area contributed by atoms with Crippen molar-refractivity contribution >= 4 is 27.5 Å². The molecule has 4 rings (SSSR count). The molecule has 6 nitrogen and oxygen atoms in total. The van der Waals surface area contributed by atoms with Gasteiger partial charge in [0.15, 0.2) is 0 Å². The van der Waals surface area contributed by atoms with E-state index in [1.54, 1.807) is 18.8 Å². The number of rotatable bonds is 4. The molecule has 0 radical (unpaired) electrons. The molecule has 2 heterocycles. The van der Waals surface area contributed by atoms with E-state index in [-0.39, 0.29) is 5.88 Å². The van der Waals surface area contributed by atoms with Gasteiger partial charge in [0.1, 0.15) is 11.5 Å². The van der Waals surface area contributed by atoms with E-state index in [2.05, 4.69) is 0 Å². The first-order valence-corrected chi connectivity index (χ1v) is 8.71. The highest BCUT2D eigenvalue weighted by Gasteiger charge is 2.18. The predicted molar refractivity (Wildman–Crippen MR) is 108 cm³/mol. The molecule has 0 spiro atoms. The molecule has 2 aromatic heterocycles. The standard InChI is InChI=1S/C21H21N3O3/c1-4-24-11-16-18(21(24)25)19(22)14-7-5-6-13(20(14)23-16)15-10-12(26-2)8-9-17(15)27-3/h5-11,25H,4,22H2,1-3H3. The Bertz CT molecular complexity index is 1160. The topological polar surface area (TPSA) is 82.5 Å². The summed E-state index contributed by atoms with van der Waals surface area (Å²) in [6, 6.07) is 11.5. The number of aromatic hydroxyl groups is 1. The number of ether oxygens (including phenoxy) is 2. The van der Waals surface area contributed by atoms with E-state index in [0.717, 1.165) is 33.5 Å². The van der Waals surface area contributed by atoms with Crippen LogP contribution < -0.4 is 15.2 Å². The summed E-state index contributed by atoms with van der Waals surface area (Å²) < 4.78 is 12.7. The van der Waals surface area contributed by atoms with Crippen molar-refractivity contribution in [1.82, 2.24) is 9.55 Å². The van der Waals surface area contributed by atoms with Crippen molar-refractivity contribution in [2.45, 2.75) is 13.5 Å². The third-order valence-corrected chi connectivity index (χ3v) is 4.90. The van der Waals surface area contributed by atoms with Gasteiger partial charge >= 0.3 is 0 Å². The number of methoxy groups -OCH3 is 2. The highest BCUT2D eigenvalue weighted by Crippen LogP contribution is 2.41. The van der Waals surface area contributed by atoms with E-state index in [1.807, 2.05) is 49.5 Å². The Morgan fingerprint density at radius 3 is 2.63 bits per heavy atom. The molecule has 0 unspecified atom stereocenters. The van der Waals surface area contributed by atoms with E-state index >= 15 is 0 Å². The van der Waals surface area contributed by atoms with Crippen LogP contribution >= 0.6 is 0 Å². The number of fused-ring (bicyclic) bond motifs is 2. The van der Waals surface area contributed by atoms with Crippen LogP contribution in [-0.2, 0) is 6.54 Å². The molecule has 0 amide bonds. The first-order chi connectivity index (χ1) is 13.1. The summed E-state index contributed by atoms with van der Waals surface area (Å²) >= 11 is 0. The van der Waals surface area contributed by atoms with Gasteiger partial charge in [-0.25, -0.2) is 4.98 Å². The van der Waals surface area contributed by atoms with Crippen molar-refractivity contribution in [3.8, 4) is 28.5 Å². The summed E-state index contributed by atoms with van der Waals surface area (Å²) in [7, 11) is 3.26. The lowest BCUT2D eigenvalue weighted by molar-refractivity contribution is 0.404. The van der Waals surface area contributed by atoms with E-state index in [0.29, 0.717) is 23.1 Å². The summed E-state index contributed by atoms with van der Waals surface area (Å²) in [5.41, 5.74) is 10.1. The predicted octanol–water partition coefficient (Wildman–Crippen LogP) is 4.18. The number of nitrogens with two attached hydrogens (primary N) is 1. The largest absolute Gasteiger partial charge is 0.497 e. The average Bonchev–Trinajstić information content (AvgIpc) is 3.03. The van der Waals surface area contributed by atoms with E-state index in [9.17, 15) is 5.11 Å². The zero-order valence-electron chi connectivity index (χ0n) is 15.5. The molecule has 0 saturated carbocycles. The maximum Gasteiger partial charge on any atom is 0.202 e. The summed E-state index contributed by atoms with van der Waals surface area (Å²) in [5, 5.41) is 11.8. The Labute approximate surface area is 156 Å². The molecule has 6 heteroatoms. The van der Waals surface area contributed by atoms with Crippen LogP contribution in [0, 0.1) is 0 Å². The maximum atomic E-state index is 10.5. The Hall–Kier alpha value is -3.41. The molecule has 0 aliphatic carbocycles. The lowest BCUT2D eigenvalue weighted by atomic mass is 9.99. The minimum absolute atomic E-state index is 0.142. The highest BCUT2D eigenvalue weighted by molar-refractivity contribution is 6.12. The van der Waals surface area contributed by atoms with Crippen LogP contribution in [0.1, 0.15) is 6.92 Å².